The second-order valence-electron chi connectivity index (χ2n) is 5.35. The van der Waals surface area contributed by atoms with Gasteiger partial charge >= 0.3 is 0 Å². The van der Waals surface area contributed by atoms with Gasteiger partial charge in [0.05, 0.1) is 18.5 Å². The average molecular weight is 332 g/mol. The molecule has 3 rings (SSSR count). The number of anilines is 1. The molecular weight excluding hydrogens is 312 g/mol. The standard InChI is InChI=1S/C16H20N4O2S/c1-3-12-15(23-18-17-12)16(21)20-10-8-19(9-11-20)13-6-4-5-7-14(13)22-2/h4-7H,3,8-11H2,1-2H3. The molecule has 1 saturated heterocycles. The summed E-state index contributed by atoms with van der Waals surface area (Å²) in [6, 6.07) is 7.99. The van der Waals surface area contributed by atoms with Crippen LogP contribution in [0, 0.1) is 0 Å². The van der Waals surface area contributed by atoms with Crippen molar-refractivity contribution < 1.29 is 9.53 Å². The van der Waals surface area contributed by atoms with Gasteiger partial charge in [-0.2, -0.15) is 0 Å². The lowest BCUT2D eigenvalue weighted by Crippen LogP contribution is -2.48. The number of aryl methyl sites for hydroxylation is 1. The maximum atomic E-state index is 12.6. The summed E-state index contributed by atoms with van der Waals surface area (Å²) >= 11 is 1.19. The van der Waals surface area contributed by atoms with Crippen LogP contribution in [0.2, 0.25) is 0 Å². The highest BCUT2D eigenvalue weighted by molar-refractivity contribution is 7.08. The Balaban J connectivity index is 1.68. The van der Waals surface area contributed by atoms with Crippen molar-refractivity contribution in [1.29, 1.82) is 0 Å². The Morgan fingerprint density at radius 3 is 2.70 bits per heavy atom. The molecule has 0 unspecified atom stereocenters. The van der Waals surface area contributed by atoms with Gasteiger partial charge < -0.3 is 14.5 Å². The Bertz CT molecular complexity index is 680. The Kier molecular flexibility index (Phi) is 4.76. The first-order chi connectivity index (χ1) is 11.2. The van der Waals surface area contributed by atoms with Crippen molar-refractivity contribution in [3.8, 4) is 5.75 Å². The van der Waals surface area contributed by atoms with Gasteiger partial charge in [-0.25, -0.2) is 0 Å². The minimum Gasteiger partial charge on any atom is -0.495 e. The molecule has 7 heteroatoms. The van der Waals surface area contributed by atoms with E-state index in [1.807, 2.05) is 30.0 Å². The van der Waals surface area contributed by atoms with Crippen LogP contribution in [-0.2, 0) is 6.42 Å². The summed E-state index contributed by atoms with van der Waals surface area (Å²) in [6.07, 6.45) is 0.735. The molecule has 0 radical (unpaired) electrons. The molecule has 1 aromatic carbocycles. The van der Waals surface area contributed by atoms with Gasteiger partial charge in [0.2, 0.25) is 0 Å². The molecule has 0 atom stereocenters. The number of rotatable bonds is 4. The molecule has 1 aliphatic rings. The second-order valence-corrected chi connectivity index (χ2v) is 6.11. The summed E-state index contributed by atoms with van der Waals surface area (Å²) < 4.78 is 9.34. The summed E-state index contributed by atoms with van der Waals surface area (Å²) in [5.41, 5.74) is 1.88. The molecule has 0 saturated carbocycles. The molecule has 6 nitrogen and oxygen atoms in total. The molecule has 0 aliphatic carbocycles. The number of methoxy groups -OCH3 is 1. The van der Waals surface area contributed by atoms with Crippen LogP contribution in [0.25, 0.3) is 0 Å². The normalized spacial score (nSPS) is 14.9. The maximum Gasteiger partial charge on any atom is 0.267 e. The third-order valence-corrected chi connectivity index (χ3v) is 4.83. The van der Waals surface area contributed by atoms with Crippen LogP contribution in [-0.4, -0.2) is 53.7 Å². The molecule has 1 amide bonds. The predicted molar refractivity (Wildman–Crippen MR) is 90.4 cm³/mol. The topological polar surface area (TPSA) is 58.6 Å². The molecule has 1 aromatic heterocycles. The van der Waals surface area contributed by atoms with Crippen LogP contribution >= 0.6 is 11.5 Å². The van der Waals surface area contributed by atoms with Gasteiger partial charge in [-0.3, -0.25) is 4.79 Å². The van der Waals surface area contributed by atoms with E-state index < -0.39 is 0 Å². The van der Waals surface area contributed by atoms with Crippen LogP contribution in [0.15, 0.2) is 24.3 Å². The van der Waals surface area contributed by atoms with Crippen LogP contribution in [0.1, 0.15) is 22.3 Å². The van der Waals surface area contributed by atoms with Crippen LogP contribution in [0.5, 0.6) is 5.75 Å². The zero-order valence-electron chi connectivity index (χ0n) is 13.4. The molecule has 1 aliphatic heterocycles. The summed E-state index contributed by atoms with van der Waals surface area (Å²) in [7, 11) is 1.68. The smallest absolute Gasteiger partial charge is 0.267 e. The number of amides is 1. The highest BCUT2D eigenvalue weighted by Gasteiger charge is 2.26. The van der Waals surface area contributed by atoms with Crippen LogP contribution in [0.4, 0.5) is 5.69 Å². The second kappa shape index (κ2) is 6.95. The SMILES string of the molecule is CCc1nnsc1C(=O)N1CCN(c2ccccc2OC)CC1. The molecule has 122 valence electrons. The fourth-order valence-corrected chi connectivity index (χ4v) is 3.51. The zero-order chi connectivity index (χ0) is 16.2. The number of carbonyl (C=O) groups excluding carboxylic acids is 1. The largest absolute Gasteiger partial charge is 0.495 e. The quantitative estimate of drug-likeness (QED) is 0.858. The first kappa shape index (κ1) is 15.7. The van der Waals surface area contributed by atoms with Gasteiger partial charge in [-0.15, -0.1) is 5.10 Å². The van der Waals surface area contributed by atoms with Gasteiger partial charge in [-0.05, 0) is 30.1 Å². The van der Waals surface area contributed by atoms with E-state index in [1.54, 1.807) is 7.11 Å². The number of aromatic nitrogens is 2. The zero-order valence-corrected chi connectivity index (χ0v) is 14.2. The highest BCUT2D eigenvalue weighted by Crippen LogP contribution is 2.28. The summed E-state index contributed by atoms with van der Waals surface area (Å²) in [6.45, 7) is 4.96. The van der Waals surface area contributed by atoms with Crippen molar-refractivity contribution in [2.75, 3.05) is 38.2 Å². The lowest BCUT2D eigenvalue weighted by Gasteiger charge is -2.36. The average Bonchev–Trinajstić information content (AvgIpc) is 3.10. The van der Waals surface area contributed by atoms with Crippen molar-refractivity contribution >= 4 is 23.1 Å². The summed E-state index contributed by atoms with van der Waals surface area (Å²) in [4.78, 5) is 17.4. The van der Waals surface area contributed by atoms with E-state index in [0.717, 1.165) is 36.6 Å². The summed E-state index contributed by atoms with van der Waals surface area (Å²) in [5, 5.41) is 4.03. The van der Waals surface area contributed by atoms with Crippen molar-refractivity contribution in [2.45, 2.75) is 13.3 Å². The van der Waals surface area contributed by atoms with E-state index in [-0.39, 0.29) is 5.91 Å². The number of piperazine rings is 1. The van der Waals surface area contributed by atoms with E-state index in [2.05, 4.69) is 20.6 Å². The Morgan fingerprint density at radius 1 is 1.26 bits per heavy atom. The van der Waals surface area contributed by atoms with Gasteiger partial charge in [0.1, 0.15) is 10.6 Å². The lowest BCUT2D eigenvalue weighted by atomic mass is 10.2. The van der Waals surface area contributed by atoms with Crippen molar-refractivity contribution in [2.24, 2.45) is 0 Å². The number of hydrogen-bond acceptors (Lipinski definition) is 6. The van der Waals surface area contributed by atoms with E-state index in [0.29, 0.717) is 18.0 Å². The van der Waals surface area contributed by atoms with Gasteiger partial charge in [0.15, 0.2) is 0 Å². The molecule has 23 heavy (non-hydrogen) atoms. The molecule has 0 spiro atoms. The minimum absolute atomic E-state index is 0.0523. The van der Waals surface area contributed by atoms with Crippen molar-refractivity contribution in [3.63, 3.8) is 0 Å². The monoisotopic (exact) mass is 332 g/mol. The highest BCUT2D eigenvalue weighted by atomic mass is 32.1. The lowest BCUT2D eigenvalue weighted by molar-refractivity contribution is 0.0750. The number of benzene rings is 1. The van der Waals surface area contributed by atoms with Crippen LogP contribution in [0.3, 0.4) is 0 Å². The fourth-order valence-electron chi connectivity index (χ4n) is 2.79. The Labute approximate surface area is 139 Å². The first-order valence-electron chi connectivity index (χ1n) is 7.73. The molecule has 0 N–H and O–H groups in total. The van der Waals surface area contributed by atoms with Gasteiger partial charge in [-0.1, -0.05) is 23.5 Å². The predicted octanol–water partition coefficient (Wildman–Crippen LogP) is 2.07. The number of para-hydroxylation sites is 2. The van der Waals surface area contributed by atoms with Crippen molar-refractivity contribution in [1.82, 2.24) is 14.5 Å². The Hall–Kier alpha value is -2.15. The maximum absolute atomic E-state index is 12.6. The van der Waals surface area contributed by atoms with E-state index in [1.165, 1.54) is 11.5 Å². The van der Waals surface area contributed by atoms with Gasteiger partial charge in [0.25, 0.3) is 5.91 Å². The molecule has 0 bridgehead atoms. The van der Waals surface area contributed by atoms with E-state index in [9.17, 15) is 4.79 Å². The van der Waals surface area contributed by atoms with Crippen molar-refractivity contribution in [3.05, 3.63) is 34.8 Å². The summed E-state index contributed by atoms with van der Waals surface area (Å²) in [5.74, 6) is 0.920. The number of nitrogens with zero attached hydrogens (tertiary/aromatic N) is 4. The van der Waals surface area contributed by atoms with E-state index >= 15 is 0 Å². The number of hydrogen-bond donors (Lipinski definition) is 0. The van der Waals surface area contributed by atoms with Gasteiger partial charge in [0, 0.05) is 26.2 Å². The molecular formula is C16H20N4O2S. The fraction of sp³-hybridized carbons (Fsp3) is 0.438. The minimum atomic E-state index is 0.0523. The Morgan fingerprint density at radius 2 is 2.00 bits per heavy atom. The first-order valence-corrected chi connectivity index (χ1v) is 8.50. The molecule has 1 fully saturated rings. The molecule has 2 heterocycles. The number of ether oxygens (including phenoxy) is 1. The molecule has 2 aromatic rings. The van der Waals surface area contributed by atoms with E-state index in [4.69, 9.17) is 4.74 Å². The number of carbonyl (C=O) groups is 1. The third-order valence-electron chi connectivity index (χ3n) is 4.08. The third kappa shape index (κ3) is 3.14. The van der Waals surface area contributed by atoms with Crippen LogP contribution < -0.4 is 9.64 Å².